The zero-order chi connectivity index (χ0) is 14.5. The molecule has 0 radical (unpaired) electrons. The minimum atomic E-state index is -0.0682. The average molecular weight is 268 g/mol. The van der Waals surface area contributed by atoms with Crippen molar-refractivity contribution in [3.8, 4) is 11.8 Å². The second-order valence-corrected chi connectivity index (χ2v) is 4.38. The summed E-state index contributed by atoms with van der Waals surface area (Å²) in [5.41, 5.74) is 3.03. The van der Waals surface area contributed by atoms with Crippen LogP contribution in [0.3, 0.4) is 0 Å². The highest BCUT2D eigenvalue weighted by molar-refractivity contribution is 5.69. The number of hydrogen-bond acceptors (Lipinski definition) is 4. The number of aliphatic hydroxyl groups excluding tert-OH is 1. The third kappa shape index (κ3) is 2.73. The normalized spacial score (nSPS) is 9.90. The van der Waals surface area contributed by atoms with Crippen LogP contribution in [0.1, 0.15) is 11.1 Å². The molecule has 102 valence electrons. The highest BCUT2D eigenvalue weighted by Gasteiger charge is 2.10. The van der Waals surface area contributed by atoms with Crippen molar-refractivity contribution in [3.05, 3.63) is 53.6 Å². The largest absolute Gasteiger partial charge is 0.497 e. The molecular formula is C16H16N2O2. The zero-order valence-electron chi connectivity index (χ0n) is 11.5. The summed E-state index contributed by atoms with van der Waals surface area (Å²) in [7, 11) is 3.52. The quantitative estimate of drug-likeness (QED) is 0.926. The number of nitriles is 1. The first-order chi connectivity index (χ1) is 9.69. The Hall–Kier alpha value is -2.51. The molecule has 0 saturated carbocycles. The molecule has 4 nitrogen and oxygen atoms in total. The Morgan fingerprint density at radius 2 is 1.90 bits per heavy atom. The van der Waals surface area contributed by atoms with Crippen LogP contribution in [0.4, 0.5) is 11.4 Å². The van der Waals surface area contributed by atoms with Gasteiger partial charge in [-0.05, 0) is 42.0 Å². The van der Waals surface area contributed by atoms with Gasteiger partial charge in [0.25, 0.3) is 0 Å². The van der Waals surface area contributed by atoms with Crippen molar-refractivity contribution < 1.29 is 9.84 Å². The monoisotopic (exact) mass is 268 g/mol. The van der Waals surface area contributed by atoms with Gasteiger partial charge in [0.2, 0.25) is 0 Å². The van der Waals surface area contributed by atoms with E-state index in [-0.39, 0.29) is 6.61 Å². The van der Waals surface area contributed by atoms with Crippen molar-refractivity contribution in [1.29, 1.82) is 5.26 Å². The van der Waals surface area contributed by atoms with E-state index in [0.29, 0.717) is 5.56 Å². The second-order valence-electron chi connectivity index (χ2n) is 4.38. The lowest BCUT2D eigenvalue weighted by molar-refractivity contribution is 0.282. The molecule has 2 aromatic carbocycles. The summed E-state index contributed by atoms with van der Waals surface area (Å²) in [6.07, 6.45) is 0. The summed E-state index contributed by atoms with van der Waals surface area (Å²) < 4.78 is 5.13. The van der Waals surface area contributed by atoms with Crippen LogP contribution in [0.15, 0.2) is 42.5 Å². The molecule has 0 spiro atoms. The van der Waals surface area contributed by atoms with E-state index < -0.39 is 0 Å². The number of rotatable bonds is 4. The van der Waals surface area contributed by atoms with Crippen LogP contribution in [0.5, 0.6) is 5.75 Å². The number of ether oxygens (including phenoxy) is 1. The summed E-state index contributed by atoms with van der Waals surface area (Å²) in [5, 5.41) is 18.4. The molecule has 4 heteroatoms. The Morgan fingerprint density at radius 1 is 1.20 bits per heavy atom. The molecule has 0 aromatic heterocycles. The van der Waals surface area contributed by atoms with E-state index in [2.05, 4.69) is 6.07 Å². The predicted molar refractivity (Wildman–Crippen MR) is 78.1 cm³/mol. The summed E-state index contributed by atoms with van der Waals surface area (Å²) in [4.78, 5) is 1.93. The molecule has 2 rings (SSSR count). The molecule has 0 bridgehead atoms. The lowest BCUT2D eigenvalue weighted by Crippen LogP contribution is -2.11. The van der Waals surface area contributed by atoms with Gasteiger partial charge in [-0.25, -0.2) is 0 Å². The molecule has 0 aliphatic heterocycles. The fraction of sp³-hybridized carbons (Fsp3) is 0.188. The van der Waals surface area contributed by atoms with Crippen LogP contribution >= 0.6 is 0 Å². The molecule has 0 aliphatic rings. The van der Waals surface area contributed by atoms with Crippen LogP contribution in [-0.4, -0.2) is 19.3 Å². The standard InChI is InChI=1S/C16H16N2O2/c1-18(14-4-6-15(20-2)7-5-14)16-8-3-12(11-19)9-13(16)10-17/h3-9,19H,11H2,1-2H3. The fourth-order valence-electron chi connectivity index (χ4n) is 2.01. The third-order valence-electron chi connectivity index (χ3n) is 3.19. The number of hydrogen-bond donors (Lipinski definition) is 1. The highest BCUT2D eigenvalue weighted by atomic mass is 16.5. The van der Waals surface area contributed by atoms with Crippen molar-refractivity contribution in [2.75, 3.05) is 19.1 Å². The number of methoxy groups -OCH3 is 1. The van der Waals surface area contributed by atoms with Gasteiger partial charge in [-0.1, -0.05) is 6.07 Å². The highest BCUT2D eigenvalue weighted by Crippen LogP contribution is 2.28. The van der Waals surface area contributed by atoms with Gasteiger partial charge in [0.15, 0.2) is 0 Å². The second kappa shape index (κ2) is 6.09. The van der Waals surface area contributed by atoms with Crippen molar-refractivity contribution in [2.45, 2.75) is 6.61 Å². The van der Waals surface area contributed by atoms with Crippen molar-refractivity contribution in [3.63, 3.8) is 0 Å². The van der Waals surface area contributed by atoms with E-state index in [1.54, 1.807) is 13.2 Å². The van der Waals surface area contributed by atoms with E-state index in [1.807, 2.05) is 48.3 Å². The predicted octanol–water partition coefficient (Wildman–Crippen LogP) is 2.83. The molecule has 0 saturated heterocycles. The van der Waals surface area contributed by atoms with E-state index in [9.17, 15) is 5.26 Å². The summed E-state index contributed by atoms with van der Waals surface area (Å²) in [6.45, 7) is -0.0682. The maximum absolute atomic E-state index is 9.24. The summed E-state index contributed by atoms with van der Waals surface area (Å²) >= 11 is 0. The summed E-state index contributed by atoms with van der Waals surface area (Å²) in [5.74, 6) is 0.790. The Bertz CT molecular complexity index is 630. The topological polar surface area (TPSA) is 56.5 Å². The first-order valence-electron chi connectivity index (χ1n) is 6.21. The Balaban J connectivity index is 2.37. The van der Waals surface area contributed by atoms with Crippen LogP contribution < -0.4 is 9.64 Å². The van der Waals surface area contributed by atoms with Gasteiger partial charge >= 0.3 is 0 Å². The zero-order valence-corrected chi connectivity index (χ0v) is 11.5. The van der Waals surface area contributed by atoms with Crippen molar-refractivity contribution in [2.24, 2.45) is 0 Å². The van der Waals surface area contributed by atoms with Gasteiger partial charge in [0.05, 0.1) is 25.0 Å². The molecule has 2 aromatic rings. The molecule has 1 N–H and O–H groups in total. The van der Waals surface area contributed by atoms with E-state index in [1.165, 1.54) is 0 Å². The molecule has 0 unspecified atom stereocenters. The maximum atomic E-state index is 9.24. The first-order valence-corrected chi connectivity index (χ1v) is 6.21. The molecule has 0 heterocycles. The number of anilines is 2. The Labute approximate surface area is 118 Å². The fourth-order valence-corrected chi connectivity index (χ4v) is 2.01. The van der Waals surface area contributed by atoms with Crippen LogP contribution in [0, 0.1) is 11.3 Å². The van der Waals surface area contributed by atoms with Gasteiger partial charge in [0.1, 0.15) is 11.8 Å². The van der Waals surface area contributed by atoms with Gasteiger partial charge in [0, 0.05) is 12.7 Å². The Kier molecular flexibility index (Phi) is 4.24. The Morgan fingerprint density at radius 3 is 2.45 bits per heavy atom. The van der Waals surface area contributed by atoms with Gasteiger partial charge in [-0.2, -0.15) is 5.26 Å². The van der Waals surface area contributed by atoms with E-state index in [0.717, 1.165) is 22.7 Å². The lowest BCUT2D eigenvalue weighted by atomic mass is 10.1. The third-order valence-corrected chi connectivity index (χ3v) is 3.19. The maximum Gasteiger partial charge on any atom is 0.119 e. The molecule has 20 heavy (non-hydrogen) atoms. The van der Waals surface area contributed by atoms with Crippen molar-refractivity contribution >= 4 is 11.4 Å². The molecule has 0 amide bonds. The SMILES string of the molecule is COc1ccc(N(C)c2ccc(CO)cc2C#N)cc1. The summed E-state index contributed by atoms with van der Waals surface area (Å²) in [6, 6.07) is 15.1. The van der Waals surface area contributed by atoms with Crippen molar-refractivity contribution in [1.82, 2.24) is 0 Å². The van der Waals surface area contributed by atoms with Crippen LogP contribution in [-0.2, 0) is 6.61 Å². The molecule has 0 fully saturated rings. The number of benzene rings is 2. The minimum Gasteiger partial charge on any atom is -0.497 e. The molecule has 0 aliphatic carbocycles. The van der Waals surface area contributed by atoms with Gasteiger partial charge < -0.3 is 14.7 Å². The first kappa shape index (κ1) is 13.9. The molecular weight excluding hydrogens is 252 g/mol. The number of aliphatic hydroxyl groups is 1. The van der Waals surface area contributed by atoms with E-state index in [4.69, 9.17) is 9.84 Å². The van der Waals surface area contributed by atoms with Gasteiger partial charge in [-0.15, -0.1) is 0 Å². The molecule has 0 atom stereocenters. The lowest BCUT2D eigenvalue weighted by Gasteiger charge is -2.21. The number of nitrogens with zero attached hydrogens (tertiary/aromatic N) is 2. The smallest absolute Gasteiger partial charge is 0.119 e. The van der Waals surface area contributed by atoms with Crippen LogP contribution in [0.25, 0.3) is 0 Å². The average Bonchev–Trinajstić information content (AvgIpc) is 2.53. The van der Waals surface area contributed by atoms with Gasteiger partial charge in [-0.3, -0.25) is 0 Å². The van der Waals surface area contributed by atoms with E-state index >= 15 is 0 Å². The van der Waals surface area contributed by atoms with Crippen LogP contribution in [0.2, 0.25) is 0 Å². The minimum absolute atomic E-state index is 0.0682.